The molecule has 9 rings (SSSR count). The molecule has 0 unspecified atom stereocenters. The summed E-state index contributed by atoms with van der Waals surface area (Å²) in [6, 6.07) is 25.4. The lowest BCUT2D eigenvalue weighted by molar-refractivity contribution is 0.393. The van der Waals surface area contributed by atoms with Gasteiger partial charge in [0.15, 0.2) is 34.8 Å². The molecule has 10 heteroatoms. The Kier molecular flexibility index (Phi) is 5.24. The number of aromatic amines is 2. The largest absolute Gasteiger partial charge is 0.504 e. The van der Waals surface area contributed by atoms with Crippen LogP contribution in [0.15, 0.2) is 78.9 Å². The molecule has 4 N–H and O–H groups in total. The predicted molar refractivity (Wildman–Crippen MR) is 178 cm³/mol. The second kappa shape index (κ2) is 9.18. The van der Waals surface area contributed by atoms with E-state index in [1.165, 1.54) is 0 Å². The zero-order chi connectivity index (χ0) is 31.3. The van der Waals surface area contributed by atoms with Crippen molar-refractivity contribution in [3.8, 4) is 57.1 Å². The normalized spacial score (nSPS) is 12.4. The molecule has 7 aromatic rings. The highest BCUT2D eigenvalue weighted by Crippen LogP contribution is 2.45. The Bertz CT molecular complexity index is 2610. The van der Waals surface area contributed by atoms with Crippen LogP contribution in [0.1, 0.15) is 26.3 Å². The molecule has 2 aliphatic heterocycles. The van der Waals surface area contributed by atoms with Crippen molar-refractivity contribution >= 4 is 44.1 Å². The molecule has 0 amide bonds. The van der Waals surface area contributed by atoms with E-state index in [2.05, 4.69) is 9.97 Å². The summed E-state index contributed by atoms with van der Waals surface area (Å²) in [5.74, 6) is 1.39. The molecule has 8 bridgehead atoms. The maximum absolute atomic E-state index is 11.5. The standard InChI is InChI=1S/C36H26N8O2/c1-36(2,3)24-16-23-25(27(46)26(24)45)35-43-33-22-15-9-8-14-21(22)31(41-33)39-29-18-11-5-4-10-17(18)28(37-29)38-30-19-12-6-7-13-20(19)32(40-30)42-34(23)44-35/h4-16,45-46H,1-3H3,(H2,37,38,39,40,41,42,43,44). The molecule has 0 aliphatic carbocycles. The summed E-state index contributed by atoms with van der Waals surface area (Å²) in [5.41, 5.74) is 5.35. The van der Waals surface area contributed by atoms with Gasteiger partial charge in [-0.05, 0) is 11.5 Å². The van der Waals surface area contributed by atoms with E-state index >= 15 is 0 Å². The smallest absolute Gasteiger partial charge is 0.169 e. The van der Waals surface area contributed by atoms with Crippen molar-refractivity contribution in [2.75, 3.05) is 0 Å². The van der Waals surface area contributed by atoms with Gasteiger partial charge in [0.25, 0.3) is 0 Å². The summed E-state index contributed by atoms with van der Waals surface area (Å²) >= 11 is 0. The van der Waals surface area contributed by atoms with Gasteiger partial charge in [-0.25, -0.2) is 29.9 Å². The number of H-pyrrole nitrogens is 2. The molecule has 0 radical (unpaired) electrons. The summed E-state index contributed by atoms with van der Waals surface area (Å²) in [7, 11) is 0. The molecule has 3 aromatic heterocycles. The topological polar surface area (TPSA) is 149 Å². The maximum atomic E-state index is 11.5. The minimum Gasteiger partial charge on any atom is -0.504 e. The van der Waals surface area contributed by atoms with Crippen molar-refractivity contribution < 1.29 is 10.2 Å². The first-order valence-corrected chi connectivity index (χ1v) is 14.9. The van der Waals surface area contributed by atoms with Gasteiger partial charge in [-0.1, -0.05) is 93.6 Å². The van der Waals surface area contributed by atoms with E-state index in [1.54, 1.807) is 0 Å². The number of hydrogen-bond donors (Lipinski definition) is 4. The monoisotopic (exact) mass is 602 g/mol. The van der Waals surface area contributed by atoms with E-state index in [0.717, 1.165) is 33.0 Å². The Morgan fingerprint density at radius 2 is 0.870 bits per heavy atom. The number of benzene rings is 4. The molecule has 0 spiro atoms. The number of rotatable bonds is 0. The van der Waals surface area contributed by atoms with Gasteiger partial charge in [0.1, 0.15) is 22.6 Å². The number of aromatic nitrogens is 8. The Morgan fingerprint density at radius 1 is 0.478 bits per heavy atom. The van der Waals surface area contributed by atoms with Crippen LogP contribution in [0, 0.1) is 0 Å². The lowest BCUT2D eigenvalue weighted by Gasteiger charge is -2.21. The molecular weight excluding hydrogens is 576 g/mol. The van der Waals surface area contributed by atoms with Gasteiger partial charge in [0, 0.05) is 44.0 Å². The van der Waals surface area contributed by atoms with Crippen LogP contribution >= 0.6 is 0 Å². The Balaban J connectivity index is 1.52. The highest BCUT2D eigenvalue weighted by molar-refractivity contribution is 6.10. The van der Waals surface area contributed by atoms with Gasteiger partial charge in [0.05, 0.1) is 5.39 Å². The Hall–Kier alpha value is -6.16. The van der Waals surface area contributed by atoms with E-state index in [4.69, 9.17) is 29.9 Å². The van der Waals surface area contributed by atoms with Crippen molar-refractivity contribution in [2.45, 2.75) is 26.2 Å². The zero-order valence-corrected chi connectivity index (χ0v) is 25.1. The Morgan fingerprint density at radius 3 is 1.33 bits per heavy atom. The number of hydrogen-bond acceptors (Lipinski definition) is 8. The van der Waals surface area contributed by atoms with Crippen molar-refractivity contribution in [2.24, 2.45) is 0 Å². The fourth-order valence-corrected chi connectivity index (χ4v) is 6.34. The number of phenols is 2. The van der Waals surface area contributed by atoms with Crippen molar-refractivity contribution in [1.29, 1.82) is 0 Å². The molecular formula is C36H26N8O2. The second-order valence-corrected chi connectivity index (χ2v) is 12.5. The van der Waals surface area contributed by atoms with Crippen LogP contribution in [0.2, 0.25) is 0 Å². The lowest BCUT2D eigenvalue weighted by Crippen LogP contribution is -2.11. The molecule has 0 saturated heterocycles. The first kappa shape index (κ1) is 26.3. The first-order chi connectivity index (χ1) is 22.2. The third-order valence-corrected chi connectivity index (χ3v) is 8.60. The highest BCUT2D eigenvalue weighted by Gasteiger charge is 2.27. The fourth-order valence-electron chi connectivity index (χ4n) is 6.34. The molecule has 5 heterocycles. The van der Waals surface area contributed by atoms with Crippen LogP contribution in [-0.4, -0.2) is 50.1 Å². The minimum absolute atomic E-state index is 0.198. The number of nitrogens with one attached hydrogen (secondary N) is 2. The number of phenolic OH excluding ortho intramolecular Hbond substituents is 2. The molecule has 222 valence electrons. The SMILES string of the molecule is CC(C)(C)c1cc2c3nc4nc(nc5[nH]c(nc6nc(nc([nH]3)c2c(O)c1O)-c1ccccc1-6)c1ccccc51)-c1ccccc1-4. The van der Waals surface area contributed by atoms with Gasteiger partial charge in [0.2, 0.25) is 0 Å². The highest BCUT2D eigenvalue weighted by atomic mass is 16.3. The molecule has 10 nitrogen and oxygen atoms in total. The van der Waals surface area contributed by atoms with Crippen molar-refractivity contribution in [1.82, 2.24) is 39.9 Å². The minimum atomic E-state index is -0.467. The van der Waals surface area contributed by atoms with Crippen LogP contribution < -0.4 is 0 Å². The van der Waals surface area contributed by atoms with E-state index < -0.39 is 5.41 Å². The Labute approximate surface area is 261 Å². The van der Waals surface area contributed by atoms with Gasteiger partial charge in [-0.2, -0.15) is 0 Å². The molecule has 0 fully saturated rings. The predicted octanol–water partition coefficient (Wildman–Crippen LogP) is 7.58. The third kappa shape index (κ3) is 3.76. The van der Waals surface area contributed by atoms with Crippen LogP contribution in [0.4, 0.5) is 0 Å². The van der Waals surface area contributed by atoms with Gasteiger partial charge in [-0.15, -0.1) is 0 Å². The summed E-state index contributed by atoms with van der Waals surface area (Å²) < 4.78 is 0. The van der Waals surface area contributed by atoms with E-state index in [0.29, 0.717) is 62.2 Å². The fraction of sp³-hybridized carbons (Fsp3) is 0.111. The van der Waals surface area contributed by atoms with Gasteiger partial charge < -0.3 is 20.2 Å². The zero-order valence-electron chi connectivity index (χ0n) is 25.1. The third-order valence-electron chi connectivity index (χ3n) is 8.60. The average Bonchev–Trinajstić information content (AvgIpc) is 3.77. The van der Waals surface area contributed by atoms with E-state index in [-0.39, 0.29) is 11.5 Å². The molecule has 46 heavy (non-hydrogen) atoms. The van der Waals surface area contributed by atoms with Crippen LogP contribution in [-0.2, 0) is 5.41 Å². The van der Waals surface area contributed by atoms with Gasteiger partial charge in [-0.3, -0.25) is 0 Å². The number of nitrogens with zero attached hydrogens (tertiary/aromatic N) is 6. The summed E-state index contributed by atoms with van der Waals surface area (Å²) in [4.78, 5) is 36.5. The first-order valence-electron chi connectivity index (χ1n) is 14.9. The van der Waals surface area contributed by atoms with E-state index in [1.807, 2.05) is 99.6 Å². The average molecular weight is 603 g/mol. The summed E-state index contributed by atoms with van der Waals surface area (Å²) in [5, 5.41) is 25.4. The van der Waals surface area contributed by atoms with Crippen LogP contribution in [0.25, 0.3) is 89.7 Å². The molecule has 0 atom stereocenters. The maximum Gasteiger partial charge on any atom is 0.169 e. The van der Waals surface area contributed by atoms with Crippen LogP contribution in [0.5, 0.6) is 11.5 Å². The molecule has 4 aromatic carbocycles. The van der Waals surface area contributed by atoms with Crippen LogP contribution in [0.3, 0.4) is 0 Å². The number of fused-ring (bicyclic) bond motifs is 20. The van der Waals surface area contributed by atoms with Crippen molar-refractivity contribution in [3.05, 3.63) is 84.4 Å². The summed E-state index contributed by atoms with van der Waals surface area (Å²) in [6.45, 7) is 5.93. The molecule has 0 saturated carbocycles. The van der Waals surface area contributed by atoms with E-state index in [9.17, 15) is 10.2 Å². The number of aromatic hydroxyl groups is 2. The quantitative estimate of drug-likeness (QED) is 0.130. The summed E-state index contributed by atoms with van der Waals surface area (Å²) in [6.07, 6.45) is 0. The molecule has 2 aliphatic rings. The second-order valence-electron chi connectivity index (χ2n) is 12.5. The van der Waals surface area contributed by atoms with Gasteiger partial charge >= 0.3 is 0 Å². The lowest BCUT2D eigenvalue weighted by atomic mass is 9.85. The van der Waals surface area contributed by atoms with Crippen molar-refractivity contribution in [3.63, 3.8) is 0 Å².